The first-order chi connectivity index (χ1) is 9.24. The number of pyridine rings is 1. The average molecular weight is 254 g/mol. The van der Waals surface area contributed by atoms with Crippen molar-refractivity contribution < 1.29 is 9.53 Å². The van der Waals surface area contributed by atoms with Crippen LogP contribution in [0.4, 0.5) is 0 Å². The van der Waals surface area contributed by atoms with Gasteiger partial charge in [0.1, 0.15) is 5.75 Å². The molecule has 1 aliphatic carbocycles. The fourth-order valence-corrected chi connectivity index (χ4v) is 1.93. The molecule has 0 saturated heterocycles. The number of hydrogen-bond donors (Lipinski definition) is 1. The number of primary amides is 1. The monoisotopic (exact) mass is 254 g/mol. The molecule has 0 radical (unpaired) electrons. The molecule has 1 saturated carbocycles. The van der Waals surface area contributed by atoms with Gasteiger partial charge in [-0.2, -0.15) is 0 Å². The standard InChI is InChI=1S/C15H14N2O2/c16-15(18)13-4-2-1-3-12(13)14-9-11(7-8-17-14)19-10-5-6-10/h1-4,7-10H,5-6H2,(H2,16,18). The molecule has 0 spiro atoms. The summed E-state index contributed by atoms with van der Waals surface area (Å²) in [4.78, 5) is 15.7. The maximum atomic E-state index is 11.4. The summed E-state index contributed by atoms with van der Waals surface area (Å²) in [6.07, 6.45) is 4.23. The van der Waals surface area contributed by atoms with Gasteiger partial charge in [-0.3, -0.25) is 9.78 Å². The molecule has 1 aromatic heterocycles. The summed E-state index contributed by atoms with van der Waals surface area (Å²) in [5, 5.41) is 0. The molecule has 0 unspecified atom stereocenters. The Morgan fingerprint density at radius 1 is 1.26 bits per heavy atom. The van der Waals surface area contributed by atoms with Gasteiger partial charge < -0.3 is 10.5 Å². The lowest BCUT2D eigenvalue weighted by molar-refractivity contribution is 0.100. The third-order valence-corrected chi connectivity index (χ3v) is 3.03. The van der Waals surface area contributed by atoms with E-state index >= 15 is 0 Å². The molecule has 19 heavy (non-hydrogen) atoms. The highest BCUT2D eigenvalue weighted by Gasteiger charge is 2.23. The van der Waals surface area contributed by atoms with E-state index in [2.05, 4.69) is 4.98 Å². The molecule has 0 atom stereocenters. The zero-order valence-electron chi connectivity index (χ0n) is 10.4. The first kappa shape index (κ1) is 11.7. The number of aromatic nitrogens is 1. The van der Waals surface area contributed by atoms with Crippen LogP contribution < -0.4 is 10.5 Å². The van der Waals surface area contributed by atoms with E-state index in [-0.39, 0.29) is 0 Å². The summed E-state index contributed by atoms with van der Waals surface area (Å²) in [5.41, 5.74) is 7.29. The molecule has 4 heteroatoms. The zero-order chi connectivity index (χ0) is 13.2. The van der Waals surface area contributed by atoms with E-state index in [0.29, 0.717) is 17.4 Å². The second-order valence-corrected chi connectivity index (χ2v) is 4.60. The van der Waals surface area contributed by atoms with E-state index in [1.165, 1.54) is 0 Å². The molecule has 0 aliphatic heterocycles. The molecule has 96 valence electrons. The van der Waals surface area contributed by atoms with E-state index in [1.54, 1.807) is 18.3 Å². The molecule has 1 aliphatic rings. The highest BCUT2D eigenvalue weighted by Crippen LogP contribution is 2.29. The summed E-state index contributed by atoms with van der Waals surface area (Å²) in [6.45, 7) is 0. The highest BCUT2D eigenvalue weighted by atomic mass is 16.5. The Kier molecular flexibility index (Phi) is 2.91. The first-order valence-corrected chi connectivity index (χ1v) is 6.26. The number of carbonyl (C=O) groups excluding carboxylic acids is 1. The largest absolute Gasteiger partial charge is 0.490 e. The Bertz CT molecular complexity index is 621. The number of nitrogens with zero attached hydrogens (tertiary/aromatic N) is 1. The van der Waals surface area contributed by atoms with Gasteiger partial charge in [0.2, 0.25) is 5.91 Å². The van der Waals surface area contributed by atoms with Crippen molar-refractivity contribution in [2.24, 2.45) is 5.73 Å². The van der Waals surface area contributed by atoms with Crippen molar-refractivity contribution in [2.75, 3.05) is 0 Å². The fourth-order valence-electron chi connectivity index (χ4n) is 1.93. The maximum absolute atomic E-state index is 11.4. The highest BCUT2D eigenvalue weighted by molar-refractivity contribution is 5.99. The predicted molar refractivity (Wildman–Crippen MR) is 71.8 cm³/mol. The fraction of sp³-hybridized carbons (Fsp3) is 0.200. The van der Waals surface area contributed by atoms with Crippen LogP contribution in [0.3, 0.4) is 0 Å². The summed E-state index contributed by atoms with van der Waals surface area (Å²) in [7, 11) is 0. The second kappa shape index (κ2) is 4.72. The van der Waals surface area contributed by atoms with E-state index in [0.717, 1.165) is 24.2 Å². The van der Waals surface area contributed by atoms with Gasteiger partial charge in [0.05, 0.1) is 11.8 Å². The Labute approximate surface area is 111 Å². The lowest BCUT2D eigenvalue weighted by atomic mass is 10.0. The van der Waals surface area contributed by atoms with Crippen molar-refractivity contribution in [2.45, 2.75) is 18.9 Å². The molecule has 1 amide bonds. The lowest BCUT2D eigenvalue weighted by Crippen LogP contribution is -2.12. The molecule has 1 fully saturated rings. The third kappa shape index (κ3) is 2.57. The van der Waals surface area contributed by atoms with Crippen molar-refractivity contribution >= 4 is 5.91 Å². The average Bonchev–Trinajstić information content (AvgIpc) is 3.23. The second-order valence-electron chi connectivity index (χ2n) is 4.60. The van der Waals surface area contributed by atoms with Crippen LogP contribution in [-0.2, 0) is 0 Å². The zero-order valence-corrected chi connectivity index (χ0v) is 10.4. The quantitative estimate of drug-likeness (QED) is 0.911. The van der Waals surface area contributed by atoms with Crippen LogP contribution in [0.5, 0.6) is 5.75 Å². The summed E-state index contributed by atoms with van der Waals surface area (Å²) in [5.74, 6) is 0.331. The summed E-state index contributed by atoms with van der Waals surface area (Å²) < 4.78 is 5.73. The minimum absolute atomic E-state index is 0.335. The van der Waals surface area contributed by atoms with Crippen LogP contribution in [-0.4, -0.2) is 17.0 Å². The Morgan fingerprint density at radius 3 is 2.79 bits per heavy atom. The van der Waals surface area contributed by atoms with Crippen LogP contribution in [0.25, 0.3) is 11.3 Å². The van der Waals surface area contributed by atoms with Crippen LogP contribution in [0.15, 0.2) is 42.6 Å². The minimum Gasteiger partial charge on any atom is -0.490 e. The van der Waals surface area contributed by atoms with Crippen molar-refractivity contribution in [3.8, 4) is 17.0 Å². The number of benzene rings is 1. The van der Waals surface area contributed by atoms with Gasteiger partial charge in [0.25, 0.3) is 0 Å². The van der Waals surface area contributed by atoms with Crippen LogP contribution >= 0.6 is 0 Å². The topological polar surface area (TPSA) is 65.2 Å². The van der Waals surface area contributed by atoms with E-state index in [9.17, 15) is 4.79 Å². The van der Waals surface area contributed by atoms with Crippen molar-refractivity contribution in [3.05, 3.63) is 48.2 Å². The number of nitrogens with two attached hydrogens (primary N) is 1. The van der Waals surface area contributed by atoms with E-state index in [4.69, 9.17) is 10.5 Å². The van der Waals surface area contributed by atoms with Gasteiger partial charge in [-0.05, 0) is 25.0 Å². The Morgan fingerprint density at radius 2 is 2.05 bits per heavy atom. The van der Waals surface area contributed by atoms with Crippen molar-refractivity contribution in [1.82, 2.24) is 4.98 Å². The predicted octanol–water partition coefficient (Wildman–Crippen LogP) is 2.39. The lowest BCUT2D eigenvalue weighted by Gasteiger charge is -2.08. The molecule has 1 aromatic carbocycles. The molecule has 2 aromatic rings. The van der Waals surface area contributed by atoms with E-state index in [1.807, 2.05) is 24.3 Å². The Balaban J connectivity index is 1.99. The number of amides is 1. The Hall–Kier alpha value is -2.36. The SMILES string of the molecule is NC(=O)c1ccccc1-c1cc(OC2CC2)ccn1. The first-order valence-electron chi connectivity index (χ1n) is 6.26. The smallest absolute Gasteiger partial charge is 0.249 e. The van der Waals surface area contributed by atoms with Gasteiger partial charge in [0.15, 0.2) is 0 Å². The number of hydrogen-bond acceptors (Lipinski definition) is 3. The normalized spacial score (nSPS) is 14.1. The molecular formula is C15H14N2O2. The third-order valence-electron chi connectivity index (χ3n) is 3.03. The molecule has 4 nitrogen and oxygen atoms in total. The van der Waals surface area contributed by atoms with Gasteiger partial charge in [-0.1, -0.05) is 18.2 Å². The molecule has 3 rings (SSSR count). The molecule has 0 bridgehead atoms. The van der Waals surface area contributed by atoms with Gasteiger partial charge in [-0.15, -0.1) is 0 Å². The van der Waals surface area contributed by atoms with Gasteiger partial charge >= 0.3 is 0 Å². The van der Waals surface area contributed by atoms with Crippen LogP contribution in [0.2, 0.25) is 0 Å². The van der Waals surface area contributed by atoms with Gasteiger partial charge in [-0.25, -0.2) is 0 Å². The molecule has 2 N–H and O–H groups in total. The number of rotatable bonds is 4. The molecular weight excluding hydrogens is 240 g/mol. The van der Waals surface area contributed by atoms with Crippen molar-refractivity contribution in [1.29, 1.82) is 0 Å². The van der Waals surface area contributed by atoms with Gasteiger partial charge in [0, 0.05) is 23.4 Å². The maximum Gasteiger partial charge on any atom is 0.249 e. The van der Waals surface area contributed by atoms with Crippen LogP contribution in [0.1, 0.15) is 23.2 Å². The summed E-state index contributed by atoms with van der Waals surface area (Å²) in [6, 6.07) is 10.9. The number of ether oxygens (including phenoxy) is 1. The van der Waals surface area contributed by atoms with E-state index < -0.39 is 5.91 Å². The molecule has 1 heterocycles. The summed E-state index contributed by atoms with van der Waals surface area (Å²) >= 11 is 0. The number of carbonyl (C=O) groups is 1. The van der Waals surface area contributed by atoms with Crippen LogP contribution in [0, 0.1) is 0 Å². The van der Waals surface area contributed by atoms with Crippen molar-refractivity contribution in [3.63, 3.8) is 0 Å². The minimum atomic E-state index is -0.453.